The number of benzene rings is 1. The molecule has 3 atom stereocenters. The van der Waals surface area contributed by atoms with Gasteiger partial charge in [0.25, 0.3) is 0 Å². The maximum absolute atomic E-state index is 13.7. The van der Waals surface area contributed by atoms with Crippen molar-refractivity contribution in [1.82, 2.24) is 9.21 Å². The SMILES string of the molecule is CS(=O)(=O)N1C[C@@H]2CCN(C(=O)C[C@H](N)Cc3cc(F)c(F)cc3F)[C@@H]2C1. The third kappa shape index (κ3) is 4.27. The quantitative estimate of drug-likeness (QED) is 0.737. The largest absolute Gasteiger partial charge is 0.338 e. The molecule has 150 valence electrons. The van der Waals surface area contributed by atoms with E-state index in [0.717, 1.165) is 18.7 Å². The van der Waals surface area contributed by atoms with Crippen molar-refractivity contribution in [1.29, 1.82) is 0 Å². The number of sulfonamides is 1. The van der Waals surface area contributed by atoms with E-state index >= 15 is 0 Å². The van der Waals surface area contributed by atoms with Crippen LogP contribution < -0.4 is 5.73 Å². The van der Waals surface area contributed by atoms with Gasteiger partial charge in [0.1, 0.15) is 5.82 Å². The van der Waals surface area contributed by atoms with Gasteiger partial charge in [-0.25, -0.2) is 21.6 Å². The summed E-state index contributed by atoms with van der Waals surface area (Å²) < 4.78 is 64.8. The molecule has 6 nitrogen and oxygen atoms in total. The molecule has 0 unspecified atom stereocenters. The fourth-order valence-corrected chi connectivity index (χ4v) is 4.81. The minimum absolute atomic E-state index is 0.0828. The third-order valence-corrected chi connectivity index (χ3v) is 6.55. The van der Waals surface area contributed by atoms with Gasteiger partial charge in [-0.3, -0.25) is 4.79 Å². The first-order valence-electron chi connectivity index (χ1n) is 8.70. The fraction of sp³-hybridized carbons (Fsp3) is 0.588. The van der Waals surface area contributed by atoms with Crippen LogP contribution in [0.2, 0.25) is 0 Å². The molecular formula is C17H22F3N3O3S. The first kappa shape index (κ1) is 20.1. The normalized spacial score (nSPS) is 24.3. The van der Waals surface area contributed by atoms with Gasteiger partial charge >= 0.3 is 0 Å². The maximum atomic E-state index is 13.7. The summed E-state index contributed by atoms with van der Waals surface area (Å²) >= 11 is 0. The molecule has 2 aliphatic rings. The van der Waals surface area contributed by atoms with Crippen LogP contribution in [-0.2, 0) is 21.2 Å². The molecule has 0 bridgehead atoms. The summed E-state index contributed by atoms with van der Waals surface area (Å²) in [5.74, 6) is -3.49. The molecule has 3 rings (SSSR count). The van der Waals surface area contributed by atoms with Crippen LogP contribution in [-0.4, -0.2) is 61.5 Å². The predicted octanol–water partition coefficient (Wildman–Crippen LogP) is 0.856. The number of hydrogen-bond donors (Lipinski definition) is 1. The van der Waals surface area contributed by atoms with Crippen LogP contribution in [0.4, 0.5) is 13.2 Å². The lowest BCUT2D eigenvalue weighted by Crippen LogP contribution is -2.43. The molecule has 0 spiro atoms. The van der Waals surface area contributed by atoms with E-state index < -0.39 is 33.5 Å². The number of carbonyl (C=O) groups is 1. The van der Waals surface area contributed by atoms with E-state index in [0.29, 0.717) is 19.2 Å². The highest BCUT2D eigenvalue weighted by Gasteiger charge is 2.45. The van der Waals surface area contributed by atoms with Crippen LogP contribution in [0.25, 0.3) is 0 Å². The Bertz CT molecular complexity index is 849. The van der Waals surface area contributed by atoms with E-state index in [4.69, 9.17) is 5.73 Å². The molecular weight excluding hydrogens is 383 g/mol. The average molecular weight is 405 g/mol. The number of halogens is 3. The smallest absolute Gasteiger partial charge is 0.224 e. The van der Waals surface area contributed by atoms with Crippen molar-refractivity contribution in [3.8, 4) is 0 Å². The van der Waals surface area contributed by atoms with E-state index in [-0.39, 0.29) is 42.8 Å². The Labute approximate surface area is 156 Å². The summed E-state index contributed by atoms with van der Waals surface area (Å²) in [4.78, 5) is 14.2. The standard InChI is InChI=1S/C17H22F3N3O3S/c1-27(25,26)22-8-10-2-3-23(16(10)9-22)17(24)6-12(21)4-11-5-14(19)15(20)7-13(11)18/h5,7,10,12,16H,2-4,6,8-9,21H2,1H3/t10-,12+,16+/m0/s1. The van der Waals surface area contributed by atoms with Crippen molar-refractivity contribution in [2.75, 3.05) is 25.9 Å². The highest BCUT2D eigenvalue weighted by Crippen LogP contribution is 2.33. The topological polar surface area (TPSA) is 83.7 Å². The zero-order chi connectivity index (χ0) is 19.9. The van der Waals surface area contributed by atoms with Crippen LogP contribution in [0.5, 0.6) is 0 Å². The van der Waals surface area contributed by atoms with Crippen molar-refractivity contribution in [2.45, 2.75) is 31.3 Å². The van der Waals surface area contributed by atoms with E-state index in [1.165, 1.54) is 4.31 Å². The summed E-state index contributed by atoms with van der Waals surface area (Å²) in [7, 11) is -3.31. The lowest BCUT2D eigenvalue weighted by Gasteiger charge is -2.26. The Morgan fingerprint density at radius 1 is 1.22 bits per heavy atom. The van der Waals surface area contributed by atoms with Crippen LogP contribution in [0.15, 0.2) is 12.1 Å². The fourth-order valence-electron chi connectivity index (χ4n) is 3.92. The van der Waals surface area contributed by atoms with Crippen LogP contribution in [0.3, 0.4) is 0 Å². The molecule has 2 heterocycles. The zero-order valence-electron chi connectivity index (χ0n) is 14.9. The number of likely N-dealkylation sites (tertiary alicyclic amines) is 1. The number of amides is 1. The van der Waals surface area contributed by atoms with Crippen molar-refractivity contribution < 1.29 is 26.4 Å². The van der Waals surface area contributed by atoms with Crippen molar-refractivity contribution in [2.24, 2.45) is 11.7 Å². The summed E-state index contributed by atoms with van der Waals surface area (Å²) in [6, 6.07) is 0.271. The van der Waals surface area contributed by atoms with Crippen LogP contribution in [0.1, 0.15) is 18.4 Å². The molecule has 10 heteroatoms. The van der Waals surface area contributed by atoms with Gasteiger partial charge in [0.2, 0.25) is 15.9 Å². The minimum Gasteiger partial charge on any atom is -0.338 e. The number of nitrogens with zero attached hydrogens (tertiary/aromatic N) is 2. The molecule has 0 aliphatic carbocycles. The predicted molar refractivity (Wildman–Crippen MR) is 92.6 cm³/mol. The van der Waals surface area contributed by atoms with Gasteiger partial charge in [0, 0.05) is 44.2 Å². The number of carbonyl (C=O) groups excluding carboxylic acids is 1. The van der Waals surface area contributed by atoms with E-state index in [9.17, 15) is 26.4 Å². The molecule has 0 radical (unpaired) electrons. The number of hydrogen-bond acceptors (Lipinski definition) is 4. The van der Waals surface area contributed by atoms with E-state index in [2.05, 4.69) is 0 Å². The highest BCUT2D eigenvalue weighted by molar-refractivity contribution is 7.88. The minimum atomic E-state index is -3.31. The average Bonchev–Trinajstić information content (AvgIpc) is 3.12. The van der Waals surface area contributed by atoms with Crippen molar-refractivity contribution >= 4 is 15.9 Å². The van der Waals surface area contributed by atoms with E-state index in [1.807, 2.05) is 0 Å². The Hall–Kier alpha value is -1.65. The molecule has 2 aliphatic heterocycles. The molecule has 2 saturated heterocycles. The third-order valence-electron chi connectivity index (χ3n) is 5.31. The van der Waals surface area contributed by atoms with Crippen LogP contribution in [0, 0.1) is 23.4 Å². The molecule has 0 saturated carbocycles. The first-order chi connectivity index (χ1) is 12.6. The van der Waals surface area contributed by atoms with Gasteiger partial charge in [-0.05, 0) is 30.4 Å². The number of fused-ring (bicyclic) bond motifs is 1. The Morgan fingerprint density at radius 3 is 2.56 bits per heavy atom. The lowest BCUT2D eigenvalue weighted by atomic mass is 10.0. The van der Waals surface area contributed by atoms with Gasteiger partial charge < -0.3 is 10.6 Å². The molecule has 27 heavy (non-hydrogen) atoms. The summed E-state index contributed by atoms with van der Waals surface area (Å²) in [6.07, 6.45) is 1.68. The molecule has 0 aromatic heterocycles. The summed E-state index contributed by atoms with van der Waals surface area (Å²) in [5, 5.41) is 0. The van der Waals surface area contributed by atoms with Gasteiger partial charge in [-0.2, -0.15) is 4.31 Å². The summed E-state index contributed by atoms with van der Waals surface area (Å²) in [5.41, 5.74) is 5.84. The molecule has 1 aromatic rings. The second-order valence-corrected chi connectivity index (χ2v) is 9.29. The Balaban J connectivity index is 1.61. The monoisotopic (exact) mass is 405 g/mol. The molecule has 2 fully saturated rings. The summed E-state index contributed by atoms with van der Waals surface area (Å²) in [6.45, 7) is 1.19. The Morgan fingerprint density at radius 2 is 1.89 bits per heavy atom. The first-order valence-corrected chi connectivity index (χ1v) is 10.5. The Kier molecular flexibility index (Phi) is 5.51. The van der Waals surface area contributed by atoms with Gasteiger partial charge in [-0.1, -0.05) is 0 Å². The highest BCUT2D eigenvalue weighted by atomic mass is 32.2. The number of nitrogens with two attached hydrogens (primary N) is 1. The van der Waals surface area contributed by atoms with Crippen LogP contribution >= 0.6 is 0 Å². The lowest BCUT2D eigenvalue weighted by molar-refractivity contribution is -0.132. The molecule has 1 aromatic carbocycles. The zero-order valence-corrected chi connectivity index (χ0v) is 15.7. The second-order valence-electron chi connectivity index (χ2n) is 7.31. The molecule has 1 amide bonds. The molecule has 2 N–H and O–H groups in total. The second kappa shape index (κ2) is 7.40. The van der Waals surface area contributed by atoms with E-state index in [1.54, 1.807) is 4.90 Å². The van der Waals surface area contributed by atoms with Gasteiger partial charge in [0.15, 0.2) is 11.6 Å². The maximum Gasteiger partial charge on any atom is 0.224 e. The van der Waals surface area contributed by atoms with Gasteiger partial charge in [-0.15, -0.1) is 0 Å². The van der Waals surface area contributed by atoms with Crippen molar-refractivity contribution in [3.63, 3.8) is 0 Å². The number of rotatable bonds is 5. The van der Waals surface area contributed by atoms with Gasteiger partial charge in [0.05, 0.1) is 6.26 Å². The van der Waals surface area contributed by atoms with Crippen molar-refractivity contribution in [3.05, 3.63) is 35.1 Å².